The molecule has 1 amide bonds. The number of ether oxygens (including phenoxy) is 1. The molecule has 0 saturated heterocycles. The molecule has 5 nitrogen and oxygen atoms in total. The summed E-state index contributed by atoms with van der Waals surface area (Å²) < 4.78 is 34.6. The van der Waals surface area contributed by atoms with E-state index in [-0.39, 0.29) is 25.0 Å². The number of carbonyl (C=O) groups excluding carboxylic acids is 1. The minimum atomic E-state index is -0.953. The van der Waals surface area contributed by atoms with Crippen LogP contribution in [0.3, 0.4) is 0 Å². The molecule has 0 fully saturated rings. The molecule has 4 aromatic rings. The molecule has 0 aliphatic heterocycles. The number of nitrogens with one attached hydrogen (secondary N) is 1. The summed E-state index contributed by atoms with van der Waals surface area (Å²) in [5, 5.41) is 3.61. The standard InChI is InChI=1S/C28H25F2N3O2/c1-4-13-35-21-9-10-22-25(15-21)33(17-20-7-5-6-12-31-20)27(18(2)3)26(22)28(34)32-16-19-8-11-23(29)24(30)14-19/h1,5-12,14-15,18H,13,16-17H2,2-3H3,(H,32,34). The summed E-state index contributed by atoms with van der Waals surface area (Å²) in [6.07, 6.45) is 7.07. The number of amides is 1. The topological polar surface area (TPSA) is 56.1 Å². The van der Waals surface area contributed by atoms with Crippen LogP contribution >= 0.6 is 0 Å². The van der Waals surface area contributed by atoms with Gasteiger partial charge >= 0.3 is 0 Å². The predicted octanol–water partition coefficient (Wildman–Crippen LogP) is 5.43. The Bertz CT molecular complexity index is 1410. The molecule has 0 saturated carbocycles. The lowest BCUT2D eigenvalue weighted by atomic mass is 10.0. The Hall–Kier alpha value is -4.18. The minimum absolute atomic E-state index is 0.00482. The largest absolute Gasteiger partial charge is 0.481 e. The predicted molar refractivity (Wildman–Crippen MR) is 131 cm³/mol. The molecule has 2 heterocycles. The third-order valence-electron chi connectivity index (χ3n) is 5.66. The normalized spacial score (nSPS) is 11.0. The van der Waals surface area contributed by atoms with Crippen molar-refractivity contribution in [2.75, 3.05) is 6.61 Å². The second kappa shape index (κ2) is 10.4. The number of halogens is 2. The van der Waals surface area contributed by atoms with E-state index in [2.05, 4.69) is 20.8 Å². The van der Waals surface area contributed by atoms with Crippen molar-refractivity contribution in [2.24, 2.45) is 0 Å². The lowest BCUT2D eigenvalue weighted by Gasteiger charge is -2.15. The van der Waals surface area contributed by atoms with Gasteiger partial charge in [0.1, 0.15) is 12.4 Å². The van der Waals surface area contributed by atoms with Crippen LogP contribution in [0.4, 0.5) is 8.78 Å². The van der Waals surface area contributed by atoms with Crippen LogP contribution in [0.5, 0.6) is 5.75 Å². The third-order valence-corrected chi connectivity index (χ3v) is 5.66. The van der Waals surface area contributed by atoms with Gasteiger partial charge in [-0.2, -0.15) is 0 Å². The summed E-state index contributed by atoms with van der Waals surface area (Å²) in [6, 6.07) is 14.8. The molecular weight excluding hydrogens is 448 g/mol. The average Bonchev–Trinajstić information content (AvgIpc) is 3.17. The fourth-order valence-electron chi connectivity index (χ4n) is 4.15. The first-order chi connectivity index (χ1) is 16.9. The number of hydrogen-bond donors (Lipinski definition) is 1. The Morgan fingerprint density at radius 1 is 1.14 bits per heavy atom. The van der Waals surface area contributed by atoms with Crippen LogP contribution in [0.2, 0.25) is 0 Å². The van der Waals surface area contributed by atoms with Crippen molar-refractivity contribution < 1.29 is 18.3 Å². The molecule has 0 radical (unpaired) electrons. The molecule has 0 aliphatic rings. The number of carbonyl (C=O) groups is 1. The highest BCUT2D eigenvalue weighted by Gasteiger charge is 2.25. The Kier molecular flexibility index (Phi) is 7.11. The molecule has 2 aromatic heterocycles. The van der Waals surface area contributed by atoms with E-state index >= 15 is 0 Å². The van der Waals surface area contributed by atoms with Crippen LogP contribution in [0.1, 0.15) is 47.1 Å². The van der Waals surface area contributed by atoms with Crippen LogP contribution < -0.4 is 10.1 Å². The van der Waals surface area contributed by atoms with Crippen LogP contribution in [-0.4, -0.2) is 22.1 Å². The number of fused-ring (bicyclic) bond motifs is 1. The number of rotatable bonds is 8. The molecule has 0 spiro atoms. The van der Waals surface area contributed by atoms with Crippen molar-refractivity contribution in [1.29, 1.82) is 0 Å². The van der Waals surface area contributed by atoms with Crippen molar-refractivity contribution in [3.63, 3.8) is 0 Å². The molecule has 1 N–H and O–H groups in total. The van der Waals surface area contributed by atoms with E-state index in [4.69, 9.17) is 11.2 Å². The summed E-state index contributed by atoms with van der Waals surface area (Å²) in [5.74, 6) is 0.874. The maximum absolute atomic E-state index is 13.6. The van der Waals surface area contributed by atoms with Gasteiger partial charge in [0.2, 0.25) is 0 Å². The highest BCUT2D eigenvalue weighted by Crippen LogP contribution is 2.34. The van der Waals surface area contributed by atoms with Gasteiger partial charge in [0.05, 0.1) is 23.3 Å². The van der Waals surface area contributed by atoms with E-state index in [1.54, 1.807) is 12.3 Å². The van der Waals surface area contributed by atoms with Crippen molar-refractivity contribution in [2.45, 2.75) is 32.9 Å². The fraction of sp³-hybridized carbons (Fsp3) is 0.214. The second-order valence-corrected chi connectivity index (χ2v) is 8.43. The molecule has 7 heteroatoms. The smallest absolute Gasteiger partial charge is 0.254 e. The van der Waals surface area contributed by atoms with E-state index < -0.39 is 11.6 Å². The monoisotopic (exact) mass is 473 g/mol. The van der Waals surface area contributed by atoms with Gasteiger partial charge < -0.3 is 14.6 Å². The molecule has 35 heavy (non-hydrogen) atoms. The SMILES string of the molecule is C#CCOc1ccc2c(C(=O)NCc3ccc(F)c(F)c3)c(C(C)C)n(Cc3ccccn3)c2c1. The maximum Gasteiger partial charge on any atom is 0.254 e. The number of pyridine rings is 1. The van der Waals surface area contributed by atoms with E-state index in [0.29, 0.717) is 23.4 Å². The van der Waals surface area contributed by atoms with E-state index in [1.165, 1.54) is 6.07 Å². The summed E-state index contributed by atoms with van der Waals surface area (Å²) in [5.41, 5.74) is 3.48. The van der Waals surface area contributed by atoms with Gasteiger partial charge in [0.15, 0.2) is 11.6 Å². The van der Waals surface area contributed by atoms with E-state index in [9.17, 15) is 13.6 Å². The number of nitrogens with zero attached hydrogens (tertiary/aromatic N) is 2. The zero-order valence-corrected chi connectivity index (χ0v) is 19.5. The van der Waals surface area contributed by atoms with Crippen molar-refractivity contribution in [3.8, 4) is 18.1 Å². The first-order valence-corrected chi connectivity index (χ1v) is 11.2. The molecule has 178 valence electrons. The number of aromatic nitrogens is 2. The molecule has 2 aromatic carbocycles. The van der Waals surface area contributed by atoms with Crippen molar-refractivity contribution in [1.82, 2.24) is 14.9 Å². The summed E-state index contributed by atoms with van der Waals surface area (Å²) in [7, 11) is 0. The number of terminal acetylenes is 1. The van der Waals surface area contributed by atoms with Gasteiger partial charge in [0.25, 0.3) is 5.91 Å². The lowest BCUT2D eigenvalue weighted by Crippen LogP contribution is -2.24. The first kappa shape index (κ1) is 24.0. The van der Waals surface area contributed by atoms with Gasteiger partial charge in [-0.3, -0.25) is 9.78 Å². The second-order valence-electron chi connectivity index (χ2n) is 8.43. The highest BCUT2D eigenvalue weighted by atomic mass is 19.2. The Balaban J connectivity index is 1.78. The zero-order chi connectivity index (χ0) is 24.9. The molecule has 0 aliphatic carbocycles. The minimum Gasteiger partial charge on any atom is -0.481 e. The van der Waals surface area contributed by atoms with E-state index in [1.807, 2.05) is 44.2 Å². The Morgan fingerprint density at radius 3 is 2.66 bits per heavy atom. The Morgan fingerprint density at radius 2 is 1.97 bits per heavy atom. The van der Waals surface area contributed by atoms with Crippen LogP contribution in [-0.2, 0) is 13.1 Å². The lowest BCUT2D eigenvalue weighted by molar-refractivity contribution is 0.0951. The van der Waals surface area contributed by atoms with Crippen molar-refractivity contribution in [3.05, 3.63) is 94.9 Å². The molecular formula is C28H25F2N3O2. The number of benzene rings is 2. The van der Waals surface area contributed by atoms with Crippen LogP contribution in [0.15, 0.2) is 60.8 Å². The molecule has 0 atom stereocenters. The van der Waals surface area contributed by atoms with Gasteiger partial charge in [0, 0.05) is 29.9 Å². The highest BCUT2D eigenvalue weighted by molar-refractivity contribution is 6.09. The fourth-order valence-corrected chi connectivity index (χ4v) is 4.15. The molecule has 4 rings (SSSR count). The average molecular weight is 474 g/mol. The maximum atomic E-state index is 13.6. The molecule has 0 bridgehead atoms. The van der Waals surface area contributed by atoms with Gasteiger partial charge in [-0.05, 0) is 47.9 Å². The van der Waals surface area contributed by atoms with Gasteiger partial charge in [-0.25, -0.2) is 8.78 Å². The zero-order valence-electron chi connectivity index (χ0n) is 19.5. The van der Waals surface area contributed by atoms with Crippen LogP contribution in [0, 0.1) is 24.0 Å². The first-order valence-electron chi connectivity index (χ1n) is 11.2. The summed E-state index contributed by atoms with van der Waals surface area (Å²) in [4.78, 5) is 17.9. The van der Waals surface area contributed by atoms with Gasteiger partial charge in [-0.15, -0.1) is 6.42 Å². The van der Waals surface area contributed by atoms with Crippen molar-refractivity contribution >= 4 is 16.8 Å². The third kappa shape index (κ3) is 5.17. The molecule has 0 unspecified atom stereocenters. The summed E-state index contributed by atoms with van der Waals surface area (Å²) in [6.45, 7) is 4.69. The Labute approximate surface area is 202 Å². The number of hydrogen-bond acceptors (Lipinski definition) is 3. The van der Waals surface area contributed by atoms with Gasteiger partial charge in [-0.1, -0.05) is 31.9 Å². The summed E-state index contributed by atoms with van der Waals surface area (Å²) >= 11 is 0. The van der Waals surface area contributed by atoms with E-state index in [0.717, 1.165) is 34.4 Å². The van der Waals surface area contributed by atoms with Crippen LogP contribution in [0.25, 0.3) is 10.9 Å². The quantitative estimate of drug-likeness (QED) is 0.347.